The summed E-state index contributed by atoms with van der Waals surface area (Å²) in [5, 5.41) is 0. The predicted molar refractivity (Wildman–Crippen MR) is 90.3 cm³/mol. The van der Waals surface area contributed by atoms with Gasteiger partial charge in [-0.3, -0.25) is 0 Å². The van der Waals surface area contributed by atoms with Crippen LogP contribution in [0.2, 0.25) is 0 Å². The molecule has 4 bridgehead atoms. The Bertz CT molecular complexity index is 597. The van der Waals surface area contributed by atoms with E-state index < -0.39 is 0 Å². The van der Waals surface area contributed by atoms with Gasteiger partial charge >= 0.3 is 0 Å². The molecule has 1 heterocycles. The van der Waals surface area contributed by atoms with E-state index in [2.05, 4.69) is 35.3 Å². The summed E-state index contributed by atoms with van der Waals surface area (Å²) in [5.41, 5.74) is 3.22. The number of methoxy groups -OCH3 is 1. The second-order valence-electron chi connectivity index (χ2n) is 8.08. The molecule has 2 heteroatoms. The van der Waals surface area contributed by atoms with E-state index in [-0.39, 0.29) is 0 Å². The molecule has 4 fully saturated rings. The number of nitrogens with zero attached hydrogens (tertiary/aromatic N) is 1. The van der Waals surface area contributed by atoms with Crippen molar-refractivity contribution in [3.63, 3.8) is 0 Å². The molecule has 1 aromatic carbocycles. The van der Waals surface area contributed by atoms with Gasteiger partial charge in [-0.2, -0.15) is 0 Å². The highest BCUT2D eigenvalue weighted by Crippen LogP contribution is 2.59. The van der Waals surface area contributed by atoms with Crippen molar-refractivity contribution < 1.29 is 4.74 Å². The number of anilines is 1. The van der Waals surface area contributed by atoms with Gasteiger partial charge in [0.15, 0.2) is 0 Å². The lowest BCUT2D eigenvalue weighted by atomic mass is 9.52. The molecule has 1 aromatic rings. The van der Waals surface area contributed by atoms with Crippen molar-refractivity contribution in [3.05, 3.63) is 29.8 Å². The van der Waals surface area contributed by atoms with E-state index in [0.29, 0.717) is 5.54 Å². The van der Waals surface area contributed by atoms with Crippen LogP contribution in [0.15, 0.2) is 24.3 Å². The van der Waals surface area contributed by atoms with Crippen molar-refractivity contribution in [2.24, 2.45) is 17.8 Å². The largest absolute Gasteiger partial charge is 0.497 e. The Kier molecular flexibility index (Phi) is 2.69. The lowest BCUT2D eigenvalue weighted by Gasteiger charge is -2.61. The first-order chi connectivity index (χ1) is 10.8. The van der Waals surface area contributed by atoms with Crippen LogP contribution in [-0.2, 0) is 0 Å². The lowest BCUT2D eigenvalue weighted by Crippen LogP contribution is -2.60. The van der Waals surface area contributed by atoms with Crippen LogP contribution in [0.25, 0.3) is 6.08 Å². The van der Waals surface area contributed by atoms with Crippen molar-refractivity contribution in [1.82, 2.24) is 0 Å². The fourth-order valence-electron chi connectivity index (χ4n) is 6.27. The minimum absolute atomic E-state index is 0.447. The molecule has 5 aliphatic rings. The highest BCUT2D eigenvalue weighted by molar-refractivity contribution is 5.73. The average Bonchev–Trinajstić information content (AvgIpc) is 2.52. The molecule has 0 unspecified atom stereocenters. The standard InChI is InChI=1S/C20H25NO/c1-22-18-4-5-19-17(10-18)3-2-6-21(19)20-11-14-7-15(12-20)9-16(8-14)13-20/h2-5,10,14-16H,6-9,11-13H2,1H3. The molecular weight excluding hydrogens is 270 g/mol. The van der Waals surface area contributed by atoms with Gasteiger partial charge < -0.3 is 9.64 Å². The molecule has 4 aliphatic carbocycles. The van der Waals surface area contributed by atoms with Crippen LogP contribution in [0.3, 0.4) is 0 Å². The molecule has 2 nitrogen and oxygen atoms in total. The summed E-state index contributed by atoms with van der Waals surface area (Å²) in [5.74, 6) is 3.97. The number of hydrogen-bond acceptors (Lipinski definition) is 2. The average molecular weight is 295 g/mol. The van der Waals surface area contributed by atoms with Gasteiger partial charge in [0.1, 0.15) is 5.75 Å². The monoisotopic (exact) mass is 295 g/mol. The lowest BCUT2D eigenvalue weighted by molar-refractivity contribution is -0.00343. The van der Waals surface area contributed by atoms with Crippen LogP contribution >= 0.6 is 0 Å². The molecule has 1 aliphatic heterocycles. The highest BCUT2D eigenvalue weighted by atomic mass is 16.5. The molecule has 0 aromatic heterocycles. The number of hydrogen-bond donors (Lipinski definition) is 0. The van der Waals surface area contributed by atoms with E-state index in [1.54, 1.807) is 7.11 Å². The van der Waals surface area contributed by atoms with E-state index in [1.807, 2.05) is 0 Å². The Labute approximate surface area is 133 Å². The Hall–Kier alpha value is -1.44. The molecule has 0 atom stereocenters. The van der Waals surface area contributed by atoms with Gasteiger partial charge in [0, 0.05) is 23.3 Å². The maximum Gasteiger partial charge on any atom is 0.119 e. The third-order valence-electron chi connectivity index (χ3n) is 6.69. The van der Waals surface area contributed by atoms with Gasteiger partial charge in [0.25, 0.3) is 0 Å². The smallest absolute Gasteiger partial charge is 0.119 e. The first-order valence-electron chi connectivity index (χ1n) is 8.88. The minimum atomic E-state index is 0.447. The second-order valence-corrected chi connectivity index (χ2v) is 8.08. The molecule has 4 saturated carbocycles. The van der Waals surface area contributed by atoms with Gasteiger partial charge in [-0.1, -0.05) is 12.2 Å². The number of fused-ring (bicyclic) bond motifs is 1. The molecule has 0 N–H and O–H groups in total. The molecule has 0 radical (unpaired) electrons. The maximum absolute atomic E-state index is 5.41. The molecule has 0 saturated heterocycles. The van der Waals surface area contributed by atoms with Crippen LogP contribution in [0, 0.1) is 17.8 Å². The quantitative estimate of drug-likeness (QED) is 0.796. The fraction of sp³-hybridized carbons (Fsp3) is 0.600. The zero-order valence-electron chi connectivity index (χ0n) is 13.4. The van der Waals surface area contributed by atoms with Crippen molar-refractivity contribution in [2.45, 2.75) is 44.1 Å². The molecule has 116 valence electrons. The Balaban J connectivity index is 1.55. The molecule has 0 amide bonds. The minimum Gasteiger partial charge on any atom is -0.497 e. The van der Waals surface area contributed by atoms with Gasteiger partial charge in [-0.25, -0.2) is 0 Å². The van der Waals surface area contributed by atoms with Gasteiger partial charge in [-0.05, 0) is 74.5 Å². The van der Waals surface area contributed by atoms with Gasteiger partial charge in [-0.15, -0.1) is 0 Å². The van der Waals surface area contributed by atoms with Gasteiger partial charge in [0.05, 0.1) is 7.11 Å². The molecular formula is C20H25NO. The van der Waals surface area contributed by atoms with Crippen molar-refractivity contribution in [3.8, 4) is 5.75 Å². The zero-order chi connectivity index (χ0) is 14.7. The Morgan fingerprint density at radius 3 is 2.36 bits per heavy atom. The summed E-state index contributed by atoms with van der Waals surface area (Å²) in [6, 6.07) is 6.61. The van der Waals surface area contributed by atoms with Crippen LogP contribution in [0.4, 0.5) is 5.69 Å². The number of benzene rings is 1. The summed E-state index contributed by atoms with van der Waals surface area (Å²) in [4.78, 5) is 2.76. The zero-order valence-corrected chi connectivity index (χ0v) is 13.4. The fourth-order valence-corrected chi connectivity index (χ4v) is 6.27. The van der Waals surface area contributed by atoms with E-state index in [4.69, 9.17) is 4.74 Å². The van der Waals surface area contributed by atoms with E-state index in [9.17, 15) is 0 Å². The summed E-state index contributed by atoms with van der Waals surface area (Å²) >= 11 is 0. The van der Waals surface area contributed by atoms with E-state index in [1.165, 1.54) is 49.8 Å². The molecule has 6 rings (SSSR count). The van der Waals surface area contributed by atoms with Crippen LogP contribution in [0.5, 0.6) is 5.75 Å². The summed E-state index contributed by atoms with van der Waals surface area (Å²) < 4.78 is 5.41. The normalized spacial score (nSPS) is 38.2. The first-order valence-corrected chi connectivity index (χ1v) is 8.88. The maximum atomic E-state index is 5.41. The predicted octanol–water partition coefficient (Wildman–Crippen LogP) is 4.50. The van der Waals surface area contributed by atoms with E-state index in [0.717, 1.165) is 30.0 Å². The Morgan fingerprint density at radius 2 is 1.73 bits per heavy atom. The Morgan fingerprint density at radius 1 is 1.05 bits per heavy atom. The molecule has 0 spiro atoms. The van der Waals surface area contributed by atoms with Crippen molar-refractivity contribution in [2.75, 3.05) is 18.6 Å². The van der Waals surface area contributed by atoms with Crippen molar-refractivity contribution >= 4 is 11.8 Å². The summed E-state index contributed by atoms with van der Waals surface area (Å²) in [6.07, 6.45) is 13.4. The number of ether oxygens (including phenoxy) is 1. The van der Waals surface area contributed by atoms with Crippen LogP contribution in [0.1, 0.15) is 44.1 Å². The SMILES string of the molecule is COc1ccc2c(c1)C=CCN2C12CC3CC(CC(C3)C1)C2. The third-order valence-corrected chi connectivity index (χ3v) is 6.69. The third kappa shape index (κ3) is 1.79. The second kappa shape index (κ2) is 4.53. The van der Waals surface area contributed by atoms with Gasteiger partial charge in [0.2, 0.25) is 0 Å². The molecule has 22 heavy (non-hydrogen) atoms. The number of rotatable bonds is 2. The topological polar surface area (TPSA) is 12.5 Å². The van der Waals surface area contributed by atoms with Crippen molar-refractivity contribution in [1.29, 1.82) is 0 Å². The summed E-state index contributed by atoms with van der Waals surface area (Å²) in [7, 11) is 1.76. The highest BCUT2D eigenvalue weighted by Gasteiger charge is 2.53. The van der Waals surface area contributed by atoms with E-state index >= 15 is 0 Å². The first kappa shape index (κ1) is 13.0. The summed E-state index contributed by atoms with van der Waals surface area (Å²) in [6.45, 7) is 1.09. The van der Waals surface area contributed by atoms with Crippen LogP contribution in [-0.4, -0.2) is 19.2 Å². The van der Waals surface area contributed by atoms with Crippen LogP contribution < -0.4 is 9.64 Å².